The molecule has 36 heavy (non-hydrogen) atoms. The van der Waals surface area contributed by atoms with E-state index in [1.165, 1.54) is 18.5 Å². The van der Waals surface area contributed by atoms with Crippen LogP contribution in [0.25, 0.3) is 10.9 Å². The highest BCUT2D eigenvalue weighted by Gasteiger charge is 2.21. The second-order valence-corrected chi connectivity index (χ2v) is 8.03. The third-order valence-electron chi connectivity index (χ3n) is 5.32. The molecular formula is C23H15ClF3N9. The molecule has 0 saturated carbocycles. The summed E-state index contributed by atoms with van der Waals surface area (Å²) in [5, 5.41) is 16.6. The van der Waals surface area contributed by atoms with Crippen LogP contribution in [0, 0.1) is 29.0 Å². The number of anilines is 3. The van der Waals surface area contributed by atoms with Gasteiger partial charge in [-0.25, -0.2) is 14.4 Å². The minimum atomic E-state index is -1.24. The molecule has 4 heterocycles. The van der Waals surface area contributed by atoms with E-state index in [0.29, 0.717) is 27.9 Å². The van der Waals surface area contributed by atoms with Crippen LogP contribution < -0.4 is 27.0 Å². The zero-order valence-corrected chi connectivity index (χ0v) is 18.8. The first-order valence-electron chi connectivity index (χ1n) is 10.4. The predicted molar refractivity (Wildman–Crippen MR) is 127 cm³/mol. The van der Waals surface area contributed by atoms with Crippen molar-refractivity contribution in [2.75, 3.05) is 10.6 Å². The topological polar surface area (TPSA) is 123 Å². The molecular weight excluding hydrogens is 495 g/mol. The lowest BCUT2D eigenvalue weighted by molar-refractivity contribution is 0.480. The highest BCUT2D eigenvalue weighted by Crippen LogP contribution is 2.36. The Kier molecular flexibility index (Phi) is 6.16. The number of fused-ring (bicyclic) bond motifs is 1. The molecule has 1 aromatic carbocycles. The first-order chi connectivity index (χ1) is 17.4. The van der Waals surface area contributed by atoms with Gasteiger partial charge in [0.2, 0.25) is 11.9 Å². The number of halogens is 4. The molecule has 0 radical (unpaired) electrons. The van der Waals surface area contributed by atoms with Crippen molar-refractivity contribution in [3.63, 3.8) is 0 Å². The predicted octanol–water partition coefficient (Wildman–Crippen LogP) is 4.32. The molecule has 0 fully saturated rings. The number of nitrogens with zero attached hydrogens (tertiary/aromatic N) is 4. The van der Waals surface area contributed by atoms with Crippen molar-refractivity contribution in [2.45, 2.75) is 6.04 Å². The molecule has 0 unspecified atom stereocenters. The Morgan fingerprint density at radius 1 is 1.00 bits per heavy atom. The van der Waals surface area contributed by atoms with E-state index in [1.54, 1.807) is 24.4 Å². The third-order valence-corrected chi connectivity index (χ3v) is 5.61. The maximum Gasteiger partial charge on any atom is 0.249 e. The van der Waals surface area contributed by atoms with Crippen molar-refractivity contribution in [1.82, 2.24) is 31.3 Å². The van der Waals surface area contributed by atoms with Gasteiger partial charge in [-0.1, -0.05) is 17.7 Å². The lowest BCUT2D eigenvalue weighted by Crippen LogP contribution is -2.34. The number of nitriles is 1. The van der Waals surface area contributed by atoms with E-state index < -0.39 is 23.8 Å². The van der Waals surface area contributed by atoms with Crippen molar-refractivity contribution >= 4 is 39.6 Å². The Bertz CT molecular complexity index is 1540. The minimum Gasteiger partial charge on any atom is -0.373 e. The van der Waals surface area contributed by atoms with Crippen LogP contribution in [-0.2, 0) is 0 Å². The maximum absolute atomic E-state index is 13.7. The van der Waals surface area contributed by atoms with E-state index >= 15 is 0 Å². The van der Waals surface area contributed by atoms with Gasteiger partial charge in [0.1, 0.15) is 6.07 Å². The van der Waals surface area contributed by atoms with Gasteiger partial charge in [-0.15, -0.1) is 0 Å². The van der Waals surface area contributed by atoms with E-state index in [0.717, 1.165) is 12.3 Å². The Morgan fingerprint density at radius 2 is 1.86 bits per heavy atom. The van der Waals surface area contributed by atoms with Crippen molar-refractivity contribution in [2.24, 2.45) is 0 Å². The standard InChI is InChI=1S/C23H15ClF3N9/c24-16-4-13(33-21(18-10-32-36-35-18)11-1-2-19(26)29-7-11)3-15-20(12(6-28)8-30-22(15)16)34-14-5-17(25)23(27)31-9-14/h1-5,7-10,21,32-33,35-36H,(H,30,34)/t21-/m0/s1. The monoisotopic (exact) mass is 509 g/mol. The average molecular weight is 510 g/mol. The van der Waals surface area contributed by atoms with Crippen LogP contribution in [0.2, 0.25) is 5.02 Å². The zero-order chi connectivity index (χ0) is 25.2. The number of hydrazine groups is 2. The fraction of sp³-hybridized carbons (Fsp3) is 0.0435. The van der Waals surface area contributed by atoms with Gasteiger partial charge < -0.3 is 21.5 Å². The van der Waals surface area contributed by atoms with Gasteiger partial charge in [0, 0.05) is 35.7 Å². The fourth-order valence-corrected chi connectivity index (χ4v) is 3.94. The summed E-state index contributed by atoms with van der Waals surface area (Å²) in [7, 11) is 0. The molecule has 0 aliphatic carbocycles. The molecule has 1 aliphatic rings. The number of benzene rings is 1. The second kappa shape index (κ2) is 9.57. The Labute approximate surface area is 207 Å². The normalized spacial score (nSPS) is 13.4. The second-order valence-electron chi connectivity index (χ2n) is 7.62. The van der Waals surface area contributed by atoms with Gasteiger partial charge in [0.15, 0.2) is 5.82 Å². The van der Waals surface area contributed by atoms with E-state index in [4.69, 9.17) is 11.6 Å². The van der Waals surface area contributed by atoms with Crippen LogP contribution in [0.15, 0.2) is 60.8 Å². The van der Waals surface area contributed by atoms with Gasteiger partial charge in [0.05, 0.1) is 45.4 Å². The summed E-state index contributed by atoms with van der Waals surface area (Å²) in [4.78, 5) is 11.4. The summed E-state index contributed by atoms with van der Waals surface area (Å²) >= 11 is 6.54. The summed E-state index contributed by atoms with van der Waals surface area (Å²) < 4.78 is 40.5. The SMILES string of the molecule is N#Cc1cnc2c(Cl)cc(N[C@H](C3=CNNN3)c3ccc(F)nc3)cc2c1Nc1cnc(F)c(F)c1. The third kappa shape index (κ3) is 4.52. The Hall–Kier alpha value is -4.60. The summed E-state index contributed by atoms with van der Waals surface area (Å²) in [6.45, 7) is 0. The van der Waals surface area contributed by atoms with Gasteiger partial charge in [0.25, 0.3) is 0 Å². The molecule has 5 rings (SSSR count). The molecule has 1 atom stereocenters. The lowest BCUT2D eigenvalue weighted by atomic mass is 10.0. The van der Waals surface area contributed by atoms with Crippen LogP contribution in [-0.4, -0.2) is 15.0 Å². The quantitative estimate of drug-likeness (QED) is 0.242. The van der Waals surface area contributed by atoms with Crippen LogP contribution in [0.4, 0.5) is 30.2 Å². The van der Waals surface area contributed by atoms with Crippen LogP contribution in [0.5, 0.6) is 0 Å². The van der Waals surface area contributed by atoms with E-state index in [9.17, 15) is 18.4 Å². The summed E-state index contributed by atoms with van der Waals surface area (Å²) in [5.74, 6) is -3.00. The molecule has 0 spiro atoms. The molecule has 9 nitrogen and oxygen atoms in total. The molecule has 180 valence electrons. The smallest absolute Gasteiger partial charge is 0.249 e. The van der Waals surface area contributed by atoms with Crippen molar-refractivity contribution in [3.8, 4) is 6.07 Å². The average Bonchev–Trinajstić information content (AvgIpc) is 3.40. The largest absolute Gasteiger partial charge is 0.373 e. The number of aromatic nitrogens is 3. The molecule has 4 aromatic rings. The highest BCUT2D eigenvalue weighted by atomic mass is 35.5. The Balaban J connectivity index is 1.59. The van der Waals surface area contributed by atoms with Crippen LogP contribution in [0.3, 0.4) is 0 Å². The van der Waals surface area contributed by atoms with Crippen molar-refractivity contribution < 1.29 is 13.2 Å². The molecule has 5 N–H and O–H groups in total. The first kappa shape index (κ1) is 23.2. The van der Waals surface area contributed by atoms with Crippen LogP contribution in [0.1, 0.15) is 17.2 Å². The first-order valence-corrected chi connectivity index (χ1v) is 10.8. The van der Waals surface area contributed by atoms with E-state index in [1.807, 2.05) is 6.07 Å². The summed E-state index contributed by atoms with van der Waals surface area (Å²) in [6, 6.07) is 8.63. The highest BCUT2D eigenvalue weighted by molar-refractivity contribution is 6.36. The number of hydrogen-bond donors (Lipinski definition) is 5. The maximum atomic E-state index is 13.7. The summed E-state index contributed by atoms with van der Waals surface area (Å²) in [6.07, 6.45) is 5.51. The van der Waals surface area contributed by atoms with E-state index in [-0.39, 0.29) is 22.0 Å². The number of nitrogens with one attached hydrogen (secondary N) is 5. The lowest BCUT2D eigenvalue weighted by Gasteiger charge is -2.22. The number of pyridine rings is 3. The molecule has 13 heteroatoms. The molecule has 0 bridgehead atoms. The number of hydrogen-bond acceptors (Lipinski definition) is 9. The molecule has 1 aliphatic heterocycles. The Morgan fingerprint density at radius 3 is 2.56 bits per heavy atom. The van der Waals surface area contributed by atoms with Gasteiger partial charge in [-0.2, -0.15) is 19.6 Å². The number of rotatable bonds is 6. The fourth-order valence-electron chi connectivity index (χ4n) is 3.68. The molecule has 0 saturated heterocycles. The van der Waals surface area contributed by atoms with Gasteiger partial charge in [-0.3, -0.25) is 4.98 Å². The van der Waals surface area contributed by atoms with Gasteiger partial charge >= 0.3 is 0 Å². The van der Waals surface area contributed by atoms with E-state index in [2.05, 4.69) is 42.0 Å². The molecule has 0 amide bonds. The van der Waals surface area contributed by atoms with Gasteiger partial charge in [-0.05, 0) is 23.8 Å². The van der Waals surface area contributed by atoms with Crippen molar-refractivity contribution in [1.29, 1.82) is 5.26 Å². The zero-order valence-electron chi connectivity index (χ0n) is 18.1. The molecule has 3 aromatic heterocycles. The minimum absolute atomic E-state index is 0.125. The van der Waals surface area contributed by atoms with Crippen LogP contribution >= 0.6 is 11.6 Å². The summed E-state index contributed by atoms with van der Waals surface area (Å²) in [5.41, 5.74) is 11.3. The van der Waals surface area contributed by atoms with Crippen molar-refractivity contribution in [3.05, 3.63) is 94.7 Å².